The van der Waals surface area contributed by atoms with Gasteiger partial charge in [0.05, 0.1) is 17.1 Å². The van der Waals surface area contributed by atoms with Crippen molar-refractivity contribution in [3.05, 3.63) is 90.0 Å². The maximum atomic E-state index is 12.9. The third kappa shape index (κ3) is 3.43. The van der Waals surface area contributed by atoms with Crippen molar-refractivity contribution in [2.75, 3.05) is 0 Å². The van der Waals surface area contributed by atoms with E-state index in [1.807, 2.05) is 66.2 Å². The largest absolute Gasteiger partial charge is 0.341 e. The van der Waals surface area contributed by atoms with Crippen LogP contribution in [0.25, 0.3) is 11.0 Å². The molecule has 1 N–H and O–H groups in total. The second-order valence-electron chi connectivity index (χ2n) is 6.91. The fourth-order valence-electron chi connectivity index (χ4n) is 3.63. The highest BCUT2D eigenvalue weighted by Gasteiger charge is 2.19. The molecule has 4 rings (SSSR count). The van der Waals surface area contributed by atoms with E-state index < -0.39 is 0 Å². The maximum Gasteiger partial charge on any atom is 0.268 e. The van der Waals surface area contributed by atoms with Gasteiger partial charge in [0, 0.05) is 19.3 Å². The van der Waals surface area contributed by atoms with Gasteiger partial charge in [-0.3, -0.25) is 4.79 Å². The standard InChI is InChI=1S/C23H24N4O/c1-3-27-20-13-8-7-12-19(20)25-22(27)17(2)24-23(28)21-14-9-15-26(21)16-18-10-5-4-6-11-18/h4-15,17H,3,16H2,1-2H3,(H,24,28). The normalized spacial score (nSPS) is 12.2. The summed E-state index contributed by atoms with van der Waals surface area (Å²) in [6, 6.07) is 21.8. The monoisotopic (exact) mass is 372 g/mol. The average molecular weight is 372 g/mol. The van der Waals surface area contributed by atoms with Crippen molar-refractivity contribution in [2.45, 2.75) is 33.0 Å². The number of aryl methyl sites for hydroxylation is 1. The number of carbonyl (C=O) groups excluding carboxylic acids is 1. The van der Waals surface area contributed by atoms with Crippen LogP contribution in [-0.4, -0.2) is 20.0 Å². The molecule has 28 heavy (non-hydrogen) atoms. The Hall–Kier alpha value is -3.34. The molecule has 4 aromatic rings. The lowest BCUT2D eigenvalue weighted by Crippen LogP contribution is -2.30. The Kier molecular flexibility index (Phi) is 4.98. The smallest absolute Gasteiger partial charge is 0.268 e. The van der Waals surface area contributed by atoms with Crippen molar-refractivity contribution in [1.82, 2.24) is 19.4 Å². The summed E-state index contributed by atoms with van der Waals surface area (Å²) in [6.07, 6.45) is 1.94. The van der Waals surface area contributed by atoms with Crippen molar-refractivity contribution in [3.63, 3.8) is 0 Å². The van der Waals surface area contributed by atoms with Crippen LogP contribution in [0.15, 0.2) is 72.9 Å². The molecule has 1 unspecified atom stereocenters. The van der Waals surface area contributed by atoms with Crippen molar-refractivity contribution < 1.29 is 4.79 Å². The Morgan fingerprint density at radius 3 is 2.57 bits per heavy atom. The molecule has 0 saturated heterocycles. The number of nitrogens with zero attached hydrogens (tertiary/aromatic N) is 3. The van der Waals surface area contributed by atoms with Crippen LogP contribution >= 0.6 is 0 Å². The summed E-state index contributed by atoms with van der Waals surface area (Å²) in [4.78, 5) is 17.7. The molecule has 1 amide bonds. The van der Waals surface area contributed by atoms with Crippen LogP contribution in [0.1, 0.15) is 41.8 Å². The van der Waals surface area contributed by atoms with Gasteiger partial charge < -0.3 is 14.5 Å². The van der Waals surface area contributed by atoms with Gasteiger partial charge in [0.2, 0.25) is 0 Å². The van der Waals surface area contributed by atoms with E-state index in [1.165, 1.54) is 0 Å². The topological polar surface area (TPSA) is 51.9 Å². The van der Waals surface area contributed by atoms with E-state index in [9.17, 15) is 4.79 Å². The first kappa shape index (κ1) is 18.0. The molecule has 0 aliphatic heterocycles. The van der Waals surface area contributed by atoms with Crippen LogP contribution in [0.3, 0.4) is 0 Å². The molecule has 5 heteroatoms. The number of para-hydroxylation sites is 2. The van der Waals surface area contributed by atoms with E-state index >= 15 is 0 Å². The zero-order valence-corrected chi connectivity index (χ0v) is 16.2. The number of hydrogen-bond acceptors (Lipinski definition) is 2. The Labute approximate surface area is 164 Å². The summed E-state index contributed by atoms with van der Waals surface area (Å²) in [6.45, 7) is 5.55. The van der Waals surface area contributed by atoms with E-state index in [2.05, 4.69) is 35.0 Å². The van der Waals surface area contributed by atoms with Gasteiger partial charge in [-0.1, -0.05) is 42.5 Å². The fraction of sp³-hybridized carbons (Fsp3) is 0.217. The van der Waals surface area contributed by atoms with E-state index in [0.29, 0.717) is 12.2 Å². The molecule has 142 valence electrons. The number of benzene rings is 2. The average Bonchev–Trinajstić information content (AvgIpc) is 3.33. The van der Waals surface area contributed by atoms with Crippen LogP contribution < -0.4 is 5.32 Å². The van der Waals surface area contributed by atoms with Crippen molar-refractivity contribution in [1.29, 1.82) is 0 Å². The number of amides is 1. The molecule has 0 bridgehead atoms. The third-order valence-corrected chi connectivity index (χ3v) is 4.99. The van der Waals surface area contributed by atoms with Gasteiger partial charge in [-0.15, -0.1) is 0 Å². The number of fused-ring (bicyclic) bond motifs is 1. The molecular formula is C23H24N4O. The van der Waals surface area contributed by atoms with Crippen LogP contribution in [0.4, 0.5) is 0 Å². The van der Waals surface area contributed by atoms with Crippen LogP contribution in [0.2, 0.25) is 0 Å². The van der Waals surface area contributed by atoms with Gasteiger partial charge in [0.15, 0.2) is 0 Å². The molecule has 0 saturated carbocycles. The van der Waals surface area contributed by atoms with Gasteiger partial charge in [-0.2, -0.15) is 0 Å². The number of nitrogens with one attached hydrogen (secondary N) is 1. The zero-order chi connectivity index (χ0) is 19.5. The summed E-state index contributed by atoms with van der Waals surface area (Å²) in [5.41, 5.74) is 3.85. The van der Waals surface area contributed by atoms with E-state index in [4.69, 9.17) is 4.98 Å². The Balaban J connectivity index is 1.56. The highest BCUT2D eigenvalue weighted by atomic mass is 16.2. The second kappa shape index (κ2) is 7.72. The predicted molar refractivity (Wildman–Crippen MR) is 111 cm³/mol. The van der Waals surface area contributed by atoms with Crippen molar-refractivity contribution >= 4 is 16.9 Å². The lowest BCUT2D eigenvalue weighted by Gasteiger charge is -2.16. The van der Waals surface area contributed by atoms with E-state index in [0.717, 1.165) is 29.0 Å². The molecule has 2 aromatic heterocycles. The lowest BCUT2D eigenvalue weighted by molar-refractivity contribution is 0.0929. The first-order valence-corrected chi connectivity index (χ1v) is 9.62. The zero-order valence-electron chi connectivity index (χ0n) is 16.2. The maximum absolute atomic E-state index is 12.9. The molecular weight excluding hydrogens is 348 g/mol. The Bertz CT molecular complexity index is 1090. The van der Waals surface area contributed by atoms with Gasteiger partial charge in [-0.05, 0) is 43.7 Å². The quantitative estimate of drug-likeness (QED) is 0.545. The summed E-state index contributed by atoms with van der Waals surface area (Å²) >= 11 is 0. The first-order valence-electron chi connectivity index (χ1n) is 9.62. The van der Waals surface area contributed by atoms with E-state index in [-0.39, 0.29) is 11.9 Å². The molecule has 2 aromatic carbocycles. The van der Waals surface area contributed by atoms with E-state index in [1.54, 1.807) is 0 Å². The number of hydrogen-bond donors (Lipinski definition) is 1. The van der Waals surface area contributed by atoms with Gasteiger partial charge in [0.25, 0.3) is 5.91 Å². The molecule has 5 nitrogen and oxygen atoms in total. The SMILES string of the molecule is CCn1c(C(C)NC(=O)c2cccn2Cc2ccccc2)nc2ccccc21. The summed E-state index contributed by atoms with van der Waals surface area (Å²) in [5.74, 6) is 0.779. The van der Waals surface area contributed by atoms with Gasteiger partial charge in [-0.25, -0.2) is 4.98 Å². The number of rotatable bonds is 6. The second-order valence-corrected chi connectivity index (χ2v) is 6.91. The molecule has 2 heterocycles. The first-order chi connectivity index (χ1) is 13.7. The molecule has 0 fully saturated rings. The number of imidazole rings is 1. The number of aromatic nitrogens is 3. The highest BCUT2D eigenvalue weighted by molar-refractivity contribution is 5.93. The minimum atomic E-state index is -0.195. The van der Waals surface area contributed by atoms with Crippen LogP contribution in [0.5, 0.6) is 0 Å². The van der Waals surface area contributed by atoms with Crippen molar-refractivity contribution in [3.8, 4) is 0 Å². The van der Waals surface area contributed by atoms with Crippen LogP contribution in [-0.2, 0) is 13.1 Å². The third-order valence-electron chi connectivity index (χ3n) is 4.99. The molecule has 0 aliphatic carbocycles. The summed E-state index contributed by atoms with van der Waals surface area (Å²) < 4.78 is 4.13. The predicted octanol–water partition coefficient (Wildman–Crippen LogP) is 4.40. The minimum Gasteiger partial charge on any atom is -0.341 e. The highest BCUT2D eigenvalue weighted by Crippen LogP contribution is 2.21. The van der Waals surface area contributed by atoms with Crippen LogP contribution in [0, 0.1) is 0 Å². The molecule has 0 spiro atoms. The Morgan fingerprint density at radius 1 is 1.04 bits per heavy atom. The fourth-order valence-corrected chi connectivity index (χ4v) is 3.63. The van der Waals surface area contributed by atoms with Gasteiger partial charge >= 0.3 is 0 Å². The summed E-state index contributed by atoms with van der Waals surface area (Å²) in [5, 5.41) is 3.12. The minimum absolute atomic E-state index is 0.0943. The molecule has 0 radical (unpaired) electrons. The number of carbonyl (C=O) groups is 1. The Morgan fingerprint density at radius 2 is 1.79 bits per heavy atom. The summed E-state index contributed by atoms with van der Waals surface area (Å²) in [7, 11) is 0. The molecule has 0 aliphatic rings. The lowest BCUT2D eigenvalue weighted by atomic mass is 10.2. The van der Waals surface area contributed by atoms with Crippen molar-refractivity contribution in [2.24, 2.45) is 0 Å². The van der Waals surface area contributed by atoms with Gasteiger partial charge in [0.1, 0.15) is 11.5 Å². The molecule has 1 atom stereocenters.